The van der Waals surface area contributed by atoms with Crippen LogP contribution in [0.5, 0.6) is 0 Å². The summed E-state index contributed by atoms with van der Waals surface area (Å²) in [6, 6.07) is 14.3. The fourth-order valence-electron chi connectivity index (χ4n) is 3.64. The second-order valence-corrected chi connectivity index (χ2v) is 5.81. The van der Waals surface area contributed by atoms with Crippen LogP contribution in [0.15, 0.2) is 54.6 Å². The number of fused-ring (bicyclic) bond motifs is 3. The van der Waals surface area contributed by atoms with Crippen LogP contribution in [0.2, 0.25) is 0 Å². The maximum Gasteiger partial charge on any atom is 0.166 e. The molecule has 94 valence electrons. The quantitative estimate of drug-likeness (QED) is 0.574. The summed E-state index contributed by atoms with van der Waals surface area (Å²) < 4.78 is 0. The van der Waals surface area contributed by atoms with Gasteiger partial charge >= 0.3 is 0 Å². The first-order valence-electron chi connectivity index (χ1n) is 7.02. The normalized spacial score (nSPS) is 28.1. The van der Waals surface area contributed by atoms with E-state index < -0.39 is 0 Å². The molecular weight excluding hydrogens is 232 g/mol. The molecule has 3 unspecified atom stereocenters. The second kappa shape index (κ2) is 4.06. The van der Waals surface area contributed by atoms with Crippen LogP contribution in [0, 0.1) is 17.8 Å². The zero-order valence-corrected chi connectivity index (χ0v) is 10.8. The van der Waals surface area contributed by atoms with Crippen LogP contribution in [-0.2, 0) is 0 Å². The molecule has 0 N–H and O–H groups in total. The largest absolute Gasteiger partial charge is 0.294 e. The summed E-state index contributed by atoms with van der Waals surface area (Å²) in [5, 5.41) is 2.36. The molecule has 1 nitrogen and oxygen atoms in total. The number of carbonyl (C=O) groups excluding carboxylic acids is 1. The van der Waals surface area contributed by atoms with Gasteiger partial charge in [-0.15, -0.1) is 0 Å². The van der Waals surface area contributed by atoms with Crippen LogP contribution in [0.3, 0.4) is 0 Å². The van der Waals surface area contributed by atoms with E-state index in [2.05, 4.69) is 30.4 Å². The van der Waals surface area contributed by atoms with Crippen LogP contribution < -0.4 is 0 Å². The average molecular weight is 248 g/mol. The lowest BCUT2D eigenvalue weighted by Crippen LogP contribution is -2.19. The molecule has 0 aromatic heterocycles. The van der Waals surface area contributed by atoms with Crippen molar-refractivity contribution in [3.63, 3.8) is 0 Å². The van der Waals surface area contributed by atoms with Gasteiger partial charge in [0.2, 0.25) is 0 Å². The van der Waals surface area contributed by atoms with Gasteiger partial charge in [-0.3, -0.25) is 4.79 Å². The molecule has 3 atom stereocenters. The van der Waals surface area contributed by atoms with Crippen LogP contribution in [-0.4, -0.2) is 5.78 Å². The average Bonchev–Trinajstić information content (AvgIpc) is 3.08. The van der Waals surface area contributed by atoms with E-state index in [4.69, 9.17) is 0 Å². The molecule has 0 radical (unpaired) electrons. The number of allylic oxidation sites excluding steroid dienone is 2. The van der Waals surface area contributed by atoms with E-state index in [9.17, 15) is 4.79 Å². The highest BCUT2D eigenvalue weighted by molar-refractivity contribution is 6.01. The van der Waals surface area contributed by atoms with E-state index in [0.29, 0.717) is 17.6 Å². The smallest absolute Gasteiger partial charge is 0.166 e. The van der Waals surface area contributed by atoms with Crippen molar-refractivity contribution in [3.8, 4) is 0 Å². The van der Waals surface area contributed by atoms with E-state index in [1.54, 1.807) is 0 Å². The van der Waals surface area contributed by atoms with Crippen molar-refractivity contribution in [2.45, 2.75) is 12.8 Å². The predicted octanol–water partition coefficient (Wildman–Crippen LogP) is 4.23. The molecule has 4 rings (SSSR count). The molecule has 0 heterocycles. The third kappa shape index (κ3) is 1.73. The van der Waals surface area contributed by atoms with E-state index in [0.717, 1.165) is 17.4 Å². The van der Waals surface area contributed by atoms with Gasteiger partial charge in [0, 0.05) is 11.5 Å². The highest BCUT2D eigenvalue weighted by Crippen LogP contribution is 2.44. The number of benzene rings is 2. The van der Waals surface area contributed by atoms with Crippen molar-refractivity contribution in [3.05, 3.63) is 60.2 Å². The lowest BCUT2D eigenvalue weighted by atomic mass is 9.86. The predicted molar refractivity (Wildman–Crippen MR) is 77.1 cm³/mol. The van der Waals surface area contributed by atoms with Gasteiger partial charge in [0.15, 0.2) is 5.78 Å². The molecule has 2 aliphatic carbocycles. The van der Waals surface area contributed by atoms with E-state index >= 15 is 0 Å². The first kappa shape index (κ1) is 11.0. The minimum atomic E-state index is 0.219. The maximum absolute atomic E-state index is 12.6. The molecular formula is C18H16O. The number of carbonyl (C=O) groups is 1. The van der Waals surface area contributed by atoms with E-state index in [1.807, 2.05) is 24.3 Å². The lowest BCUT2D eigenvalue weighted by molar-refractivity contribution is 0.0901. The van der Waals surface area contributed by atoms with Gasteiger partial charge in [-0.25, -0.2) is 0 Å². The van der Waals surface area contributed by atoms with Crippen LogP contribution in [0.4, 0.5) is 0 Å². The molecule has 19 heavy (non-hydrogen) atoms. The van der Waals surface area contributed by atoms with Crippen molar-refractivity contribution < 1.29 is 4.79 Å². The maximum atomic E-state index is 12.6. The van der Waals surface area contributed by atoms with Crippen LogP contribution in [0.25, 0.3) is 10.8 Å². The minimum absolute atomic E-state index is 0.219. The summed E-state index contributed by atoms with van der Waals surface area (Å²) in [4.78, 5) is 12.6. The zero-order valence-electron chi connectivity index (χ0n) is 10.8. The summed E-state index contributed by atoms with van der Waals surface area (Å²) >= 11 is 0. The van der Waals surface area contributed by atoms with Crippen LogP contribution in [0.1, 0.15) is 23.2 Å². The Labute approximate surface area is 112 Å². The molecule has 1 saturated carbocycles. The Kier molecular flexibility index (Phi) is 2.34. The topological polar surface area (TPSA) is 17.1 Å². The number of hydrogen-bond acceptors (Lipinski definition) is 1. The van der Waals surface area contributed by atoms with Gasteiger partial charge in [0.25, 0.3) is 0 Å². The number of Topliss-reactive ketones (excluding diaryl/α,β-unsaturated/α-hetero) is 1. The molecule has 1 heteroatoms. The summed E-state index contributed by atoms with van der Waals surface area (Å²) in [5.74, 6) is 1.70. The van der Waals surface area contributed by atoms with Crippen molar-refractivity contribution in [2.75, 3.05) is 0 Å². The van der Waals surface area contributed by atoms with Crippen molar-refractivity contribution in [1.82, 2.24) is 0 Å². The molecule has 2 aromatic rings. The van der Waals surface area contributed by atoms with Gasteiger partial charge in [-0.05, 0) is 41.5 Å². The third-order valence-corrected chi connectivity index (χ3v) is 4.65. The number of hydrogen-bond donors (Lipinski definition) is 0. The molecule has 1 fully saturated rings. The number of ketones is 1. The van der Waals surface area contributed by atoms with Crippen molar-refractivity contribution in [1.29, 1.82) is 0 Å². The first-order valence-corrected chi connectivity index (χ1v) is 7.02. The van der Waals surface area contributed by atoms with Crippen LogP contribution >= 0.6 is 0 Å². The molecule has 0 saturated heterocycles. The van der Waals surface area contributed by atoms with E-state index in [-0.39, 0.29) is 5.92 Å². The SMILES string of the molecule is O=C(c1ccc2ccccc2c1)C1CC2C=CC1C2. The van der Waals surface area contributed by atoms with Gasteiger partial charge in [0.1, 0.15) is 0 Å². The van der Waals surface area contributed by atoms with E-state index in [1.165, 1.54) is 11.8 Å². The minimum Gasteiger partial charge on any atom is -0.294 e. The fraction of sp³-hybridized carbons (Fsp3) is 0.278. The van der Waals surface area contributed by atoms with Crippen molar-refractivity contribution in [2.24, 2.45) is 17.8 Å². The zero-order chi connectivity index (χ0) is 12.8. The Bertz CT molecular complexity index is 683. The van der Waals surface area contributed by atoms with Gasteiger partial charge in [-0.1, -0.05) is 48.6 Å². The Hall–Kier alpha value is -1.89. The summed E-state index contributed by atoms with van der Waals surface area (Å²) in [7, 11) is 0. The number of rotatable bonds is 2. The monoisotopic (exact) mass is 248 g/mol. The molecule has 0 amide bonds. The fourth-order valence-corrected chi connectivity index (χ4v) is 3.64. The molecule has 2 bridgehead atoms. The molecule has 0 spiro atoms. The molecule has 0 aliphatic heterocycles. The third-order valence-electron chi connectivity index (χ3n) is 4.65. The summed E-state index contributed by atoms with van der Waals surface area (Å²) in [6.45, 7) is 0. The summed E-state index contributed by atoms with van der Waals surface area (Å²) in [6.07, 6.45) is 6.77. The standard InChI is InChI=1S/C18H16O/c19-18(17-10-12-5-6-15(17)9-12)16-8-7-13-3-1-2-4-14(13)11-16/h1-8,11-12,15,17H,9-10H2. The highest BCUT2D eigenvalue weighted by Gasteiger charge is 2.39. The Morgan fingerprint density at radius 3 is 2.53 bits per heavy atom. The van der Waals surface area contributed by atoms with Gasteiger partial charge < -0.3 is 0 Å². The van der Waals surface area contributed by atoms with Gasteiger partial charge in [0.05, 0.1) is 0 Å². The molecule has 2 aromatic carbocycles. The Morgan fingerprint density at radius 2 is 1.79 bits per heavy atom. The Balaban J connectivity index is 1.70. The Morgan fingerprint density at radius 1 is 0.947 bits per heavy atom. The second-order valence-electron chi connectivity index (χ2n) is 5.81. The van der Waals surface area contributed by atoms with Crippen molar-refractivity contribution >= 4 is 16.6 Å². The highest BCUT2D eigenvalue weighted by atomic mass is 16.1. The van der Waals surface area contributed by atoms with Gasteiger partial charge in [-0.2, -0.15) is 0 Å². The lowest BCUT2D eigenvalue weighted by Gasteiger charge is -2.16. The molecule has 2 aliphatic rings. The first-order chi connectivity index (χ1) is 9.31. The summed E-state index contributed by atoms with van der Waals surface area (Å²) in [5.41, 5.74) is 0.879.